The number of aliphatic hydroxyl groups is 1. The van der Waals surface area contributed by atoms with E-state index in [9.17, 15) is 5.11 Å². The fourth-order valence-electron chi connectivity index (χ4n) is 3.30. The van der Waals surface area contributed by atoms with Crippen LogP contribution in [0.15, 0.2) is 47.9 Å². The predicted molar refractivity (Wildman–Crippen MR) is 113 cm³/mol. The van der Waals surface area contributed by atoms with Gasteiger partial charge in [-0.25, -0.2) is 0 Å². The molecule has 0 aliphatic rings. The van der Waals surface area contributed by atoms with Crippen LogP contribution in [0.4, 0.5) is 0 Å². The lowest BCUT2D eigenvalue weighted by Gasteiger charge is -2.45. The van der Waals surface area contributed by atoms with Crippen LogP contribution in [-0.4, -0.2) is 16.5 Å². The molecule has 0 aliphatic heterocycles. The van der Waals surface area contributed by atoms with Crippen LogP contribution in [0.5, 0.6) is 0 Å². The van der Waals surface area contributed by atoms with Crippen LogP contribution < -0.4 is 0 Å². The summed E-state index contributed by atoms with van der Waals surface area (Å²) in [6.07, 6.45) is 10.7. The molecule has 0 saturated heterocycles. The van der Waals surface area contributed by atoms with E-state index >= 15 is 0 Å². The van der Waals surface area contributed by atoms with Gasteiger partial charge in [-0.2, -0.15) is 0 Å². The minimum Gasteiger partial charge on any atom is -0.389 e. The summed E-state index contributed by atoms with van der Waals surface area (Å²) in [5, 5.41) is 11.3. The first-order valence-corrected chi connectivity index (χ1v) is 10.9. The second-order valence-electron chi connectivity index (χ2n) is 7.81. The summed E-state index contributed by atoms with van der Waals surface area (Å²) in [4.78, 5) is 1.27. The Morgan fingerprint density at radius 3 is 2.28 bits per heavy atom. The Labute approximate surface area is 160 Å². The van der Waals surface area contributed by atoms with Gasteiger partial charge in [-0.3, -0.25) is 0 Å². The summed E-state index contributed by atoms with van der Waals surface area (Å²) in [7, 11) is 0. The van der Waals surface area contributed by atoms with Gasteiger partial charge in [0.05, 0.1) is 5.60 Å². The molecular weight excluding hydrogens is 324 g/mol. The van der Waals surface area contributed by atoms with E-state index in [-0.39, 0.29) is 11.3 Å². The summed E-state index contributed by atoms with van der Waals surface area (Å²) in [5.74, 6) is 1.11. The molecule has 25 heavy (non-hydrogen) atoms. The zero-order valence-electron chi connectivity index (χ0n) is 16.8. The van der Waals surface area contributed by atoms with Crippen LogP contribution in [-0.2, 0) is 0 Å². The van der Waals surface area contributed by atoms with Crippen LogP contribution in [0, 0.1) is 11.3 Å². The van der Waals surface area contributed by atoms with E-state index in [0.29, 0.717) is 0 Å². The SMILES string of the molecule is C=CC(C)(CCCCCCCC)C(C)(O)C(C)CSc1ccccc1. The minimum absolute atomic E-state index is 0.195. The molecule has 0 aliphatic carbocycles. The van der Waals surface area contributed by atoms with Crippen molar-refractivity contribution in [3.05, 3.63) is 43.0 Å². The molecule has 0 amide bonds. The molecular formula is C23H38OS. The van der Waals surface area contributed by atoms with Crippen molar-refractivity contribution in [1.29, 1.82) is 0 Å². The molecule has 142 valence electrons. The van der Waals surface area contributed by atoms with Gasteiger partial charge >= 0.3 is 0 Å². The molecule has 0 heterocycles. The molecule has 1 rings (SSSR count). The van der Waals surface area contributed by atoms with E-state index in [4.69, 9.17) is 0 Å². The monoisotopic (exact) mass is 362 g/mol. The number of hydrogen-bond acceptors (Lipinski definition) is 2. The van der Waals surface area contributed by atoms with Gasteiger partial charge in [-0.1, -0.05) is 83.6 Å². The molecule has 1 aromatic carbocycles. The Bertz CT molecular complexity index is 482. The molecule has 1 N–H and O–H groups in total. The van der Waals surface area contributed by atoms with Crippen LogP contribution in [0.2, 0.25) is 0 Å². The molecule has 3 atom stereocenters. The number of thioether (sulfide) groups is 1. The largest absolute Gasteiger partial charge is 0.389 e. The highest BCUT2D eigenvalue weighted by Gasteiger charge is 2.44. The number of benzene rings is 1. The molecule has 0 radical (unpaired) electrons. The standard InChI is InChI=1S/C23H38OS/c1-6-8-9-10-11-15-18-22(4,7-2)23(5,24)20(3)19-25-21-16-13-12-14-17-21/h7,12-14,16-17,20,24H,2,6,8-11,15,18-19H2,1,3-5H3. The lowest BCUT2D eigenvalue weighted by atomic mass is 9.66. The van der Waals surface area contributed by atoms with E-state index in [1.165, 1.54) is 43.4 Å². The highest BCUT2D eigenvalue weighted by atomic mass is 32.2. The maximum Gasteiger partial charge on any atom is 0.0740 e. The van der Waals surface area contributed by atoms with Crippen LogP contribution >= 0.6 is 11.8 Å². The fourth-order valence-corrected chi connectivity index (χ4v) is 4.41. The van der Waals surface area contributed by atoms with Gasteiger partial charge in [-0.15, -0.1) is 18.3 Å². The molecule has 2 heteroatoms. The van der Waals surface area contributed by atoms with Crippen LogP contribution in [0.3, 0.4) is 0 Å². The molecule has 3 unspecified atom stereocenters. The van der Waals surface area contributed by atoms with Gasteiger partial charge in [0.2, 0.25) is 0 Å². The second-order valence-corrected chi connectivity index (χ2v) is 8.91. The normalized spacial score (nSPS) is 17.5. The third kappa shape index (κ3) is 6.83. The second kappa shape index (κ2) is 11.1. The average Bonchev–Trinajstić information content (AvgIpc) is 2.62. The zero-order valence-corrected chi connectivity index (χ0v) is 17.6. The Morgan fingerprint density at radius 1 is 1.08 bits per heavy atom. The molecule has 0 fully saturated rings. The quantitative estimate of drug-likeness (QED) is 0.229. The van der Waals surface area contributed by atoms with Crippen LogP contribution in [0.1, 0.15) is 72.6 Å². The molecule has 0 spiro atoms. The minimum atomic E-state index is -0.750. The zero-order chi connectivity index (χ0) is 18.8. The molecule has 0 saturated carbocycles. The smallest absolute Gasteiger partial charge is 0.0740 e. The van der Waals surface area contributed by atoms with Gasteiger partial charge in [0.25, 0.3) is 0 Å². The lowest BCUT2D eigenvalue weighted by molar-refractivity contribution is -0.0751. The summed E-state index contributed by atoms with van der Waals surface area (Å²) in [5.41, 5.74) is -0.992. The van der Waals surface area contributed by atoms with Gasteiger partial charge in [0.15, 0.2) is 0 Å². The van der Waals surface area contributed by atoms with Crippen molar-refractivity contribution in [2.24, 2.45) is 11.3 Å². The molecule has 0 aromatic heterocycles. The van der Waals surface area contributed by atoms with Gasteiger partial charge in [-0.05, 0) is 31.4 Å². The third-order valence-electron chi connectivity index (χ3n) is 5.86. The average molecular weight is 363 g/mol. The molecule has 1 nitrogen and oxygen atoms in total. The Hall–Kier alpha value is -0.730. The van der Waals surface area contributed by atoms with E-state index in [0.717, 1.165) is 12.2 Å². The number of hydrogen-bond donors (Lipinski definition) is 1. The van der Waals surface area contributed by atoms with Gasteiger partial charge < -0.3 is 5.11 Å². The summed E-state index contributed by atoms with van der Waals surface area (Å²) < 4.78 is 0. The summed E-state index contributed by atoms with van der Waals surface area (Å²) in [6.45, 7) is 12.7. The lowest BCUT2D eigenvalue weighted by Crippen LogP contribution is -2.48. The van der Waals surface area contributed by atoms with Crippen LogP contribution in [0.25, 0.3) is 0 Å². The first-order valence-electron chi connectivity index (χ1n) is 9.91. The highest BCUT2D eigenvalue weighted by Crippen LogP contribution is 2.43. The van der Waals surface area contributed by atoms with Gasteiger partial charge in [0.1, 0.15) is 0 Å². The van der Waals surface area contributed by atoms with E-state index in [1.54, 1.807) is 0 Å². The summed E-state index contributed by atoms with van der Waals surface area (Å²) >= 11 is 1.83. The van der Waals surface area contributed by atoms with Crippen molar-refractivity contribution in [3.8, 4) is 0 Å². The molecule has 0 bridgehead atoms. The van der Waals surface area contributed by atoms with Crippen molar-refractivity contribution in [1.82, 2.24) is 0 Å². The first-order chi connectivity index (χ1) is 11.9. The van der Waals surface area contributed by atoms with Crippen molar-refractivity contribution in [3.63, 3.8) is 0 Å². The maximum absolute atomic E-state index is 11.3. The Morgan fingerprint density at radius 2 is 1.68 bits per heavy atom. The Kier molecular flexibility index (Phi) is 9.89. The number of rotatable bonds is 13. The van der Waals surface area contributed by atoms with Crippen molar-refractivity contribution in [2.75, 3.05) is 5.75 Å². The van der Waals surface area contributed by atoms with E-state index in [1.807, 2.05) is 30.8 Å². The van der Waals surface area contributed by atoms with Crippen molar-refractivity contribution >= 4 is 11.8 Å². The topological polar surface area (TPSA) is 20.2 Å². The first kappa shape index (κ1) is 22.3. The summed E-state index contributed by atoms with van der Waals surface area (Å²) in [6, 6.07) is 10.4. The Balaban J connectivity index is 2.55. The third-order valence-corrected chi connectivity index (χ3v) is 7.13. The van der Waals surface area contributed by atoms with Crippen molar-refractivity contribution < 1.29 is 5.11 Å². The van der Waals surface area contributed by atoms with Crippen molar-refractivity contribution in [2.45, 2.75) is 83.1 Å². The maximum atomic E-state index is 11.3. The molecule has 1 aromatic rings. The van der Waals surface area contributed by atoms with E-state index in [2.05, 4.69) is 51.6 Å². The highest BCUT2D eigenvalue weighted by molar-refractivity contribution is 7.99. The predicted octanol–water partition coefficient (Wildman–Crippen LogP) is 7.11. The fraction of sp³-hybridized carbons (Fsp3) is 0.652. The van der Waals surface area contributed by atoms with E-state index < -0.39 is 5.60 Å². The van der Waals surface area contributed by atoms with Gasteiger partial charge in [0, 0.05) is 16.1 Å². The number of unbranched alkanes of at least 4 members (excludes halogenated alkanes) is 5.